The fourth-order valence-electron chi connectivity index (χ4n) is 1.91. The lowest BCUT2D eigenvalue weighted by Crippen LogP contribution is -2.21. The summed E-state index contributed by atoms with van der Waals surface area (Å²) in [7, 11) is -3.00. The number of carbonyl (C=O) groups is 1. The summed E-state index contributed by atoms with van der Waals surface area (Å²) in [5.74, 6) is -0.526. The number of ether oxygens (including phenoxy) is 1. The second-order valence-corrected chi connectivity index (χ2v) is 7.52. The maximum Gasteiger partial charge on any atom is 0.333 e. The van der Waals surface area contributed by atoms with Crippen molar-refractivity contribution >= 4 is 23.7 Å². The van der Waals surface area contributed by atoms with Crippen molar-refractivity contribution in [3.63, 3.8) is 0 Å². The number of hydrogen-bond donors (Lipinski definition) is 0. The van der Waals surface area contributed by atoms with E-state index in [1.807, 2.05) is 36.4 Å². The Morgan fingerprint density at radius 2 is 1.43 bits per heavy atom. The van der Waals surface area contributed by atoms with E-state index in [4.69, 9.17) is 4.74 Å². The Balaban J connectivity index is 2.38. The summed E-state index contributed by atoms with van der Waals surface area (Å²) in [5.41, 5.74) is 0.294. The van der Waals surface area contributed by atoms with E-state index in [0.717, 1.165) is 0 Å². The van der Waals surface area contributed by atoms with E-state index in [1.54, 1.807) is 31.2 Å². The van der Waals surface area contributed by atoms with E-state index >= 15 is 0 Å². The van der Waals surface area contributed by atoms with Crippen LogP contribution in [0.4, 0.5) is 0 Å². The van der Waals surface area contributed by atoms with Crippen LogP contribution in [0.2, 0.25) is 0 Å². The summed E-state index contributed by atoms with van der Waals surface area (Å²) >= 11 is 0. The van der Waals surface area contributed by atoms with Crippen molar-refractivity contribution < 1.29 is 14.1 Å². The van der Waals surface area contributed by atoms with Gasteiger partial charge >= 0.3 is 5.97 Å². The van der Waals surface area contributed by atoms with E-state index in [9.17, 15) is 9.36 Å². The zero-order valence-corrected chi connectivity index (χ0v) is 12.8. The van der Waals surface area contributed by atoms with Crippen LogP contribution in [0.5, 0.6) is 0 Å². The Morgan fingerprint density at radius 1 is 1.00 bits per heavy atom. The molecule has 0 radical (unpaired) electrons. The summed E-state index contributed by atoms with van der Waals surface area (Å²) in [5, 5.41) is 1.34. The van der Waals surface area contributed by atoms with Gasteiger partial charge in [0.25, 0.3) is 0 Å². The molecule has 2 aromatic carbocycles. The lowest BCUT2D eigenvalue weighted by atomic mass is 10.4. The normalized spacial score (nSPS) is 10.9. The molecule has 0 fully saturated rings. The molecule has 3 nitrogen and oxygen atoms in total. The molecule has 0 saturated heterocycles. The molecule has 108 valence electrons. The standard InChI is InChI=1S/C17H17O3P/c1-14(2)17(18)20-13-21(19,15-9-5-3-6-10-15)16-11-7-4-8-12-16/h3-12H,1,13H2,2H3. The van der Waals surface area contributed by atoms with Gasteiger partial charge in [-0.2, -0.15) is 0 Å². The average molecular weight is 300 g/mol. The minimum Gasteiger partial charge on any atom is -0.454 e. The summed E-state index contributed by atoms with van der Waals surface area (Å²) < 4.78 is 18.6. The van der Waals surface area contributed by atoms with Crippen LogP contribution in [0.3, 0.4) is 0 Å². The second-order valence-electron chi connectivity index (χ2n) is 4.75. The van der Waals surface area contributed by atoms with Crippen LogP contribution in [0, 0.1) is 0 Å². The van der Waals surface area contributed by atoms with Gasteiger partial charge in [0.05, 0.1) is 0 Å². The first-order chi connectivity index (χ1) is 10.0. The van der Waals surface area contributed by atoms with Crippen LogP contribution in [-0.4, -0.2) is 12.3 Å². The molecule has 2 aromatic rings. The summed E-state index contributed by atoms with van der Waals surface area (Å²) in [4.78, 5) is 11.6. The molecule has 0 atom stereocenters. The minimum absolute atomic E-state index is 0.160. The van der Waals surface area contributed by atoms with Crippen LogP contribution in [-0.2, 0) is 14.1 Å². The van der Waals surface area contributed by atoms with Gasteiger partial charge in [0.15, 0.2) is 13.5 Å². The molecule has 0 aromatic heterocycles. The van der Waals surface area contributed by atoms with E-state index in [2.05, 4.69) is 6.58 Å². The molecular weight excluding hydrogens is 283 g/mol. The Morgan fingerprint density at radius 3 is 1.81 bits per heavy atom. The fraction of sp³-hybridized carbons (Fsp3) is 0.118. The van der Waals surface area contributed by atoms with Gasteiger partial charge in [-0.3, -0.25) is 0 Å². The van der Waals surface area contributed by atoms with E-state index in [-0.39, 0.29) is 6.35 Å². The molecule has 0 saturated carbocycles. The largest absolute Gasteiger partial charge is 0.454 e. The number of hydrogen-bond acceptors (Lipinski definition) is 3. The van der Waals surface area contributed by atoms with Gasteiger partial charge in [0.2, 0.25) is 0 Å². The molecule has 0 heterocycles. The van der Waals surface area contributed by atoms with Crippen molar-refractivity contribution in [2.24, 2.45) is 0 Å². The second kappa shape index (κ2) is 6.55. The highest BCUT2D eigenvalue weighted by Gasteiger charge is 2.28. The van der Waals surface area contributed by atoms with Gasteiger partial charge in [-0.05, 0) is 6.92 Å². The minimum atomic E-state index is -3.00. The summed E-state index contributed by atoms with van der Waals surface area (Å²) in [6, 6.07) is 18.2. The predicted octanol–water partition coefficient (Wildman–Crippen LogP) is 3.08. The molecule has 0 N–H and O–H groups in total. The van der Waals surface area contributed by atoms with Crippen molar-refractivity contribution in [3.05, 3.63) is 72.8 Å². The van der Waals surface area contributed by atoms with Crippen molar-refractivity contribution in [2.45, 2.75) is 6.92 Å². The molecule has 0 aliphatic carbocycles. The van der Waals surface area contributed by atoms with Gasteiger partial charge in [-0.15, -0.1) is 0 Å². The lowest BCUT2D eigenvalue weighted by Gasteiger charge is -2.19. The molecular formula is C17H17O3P. The highest BCUT2D eigenvalue weighted by atomic mass is 31.2. The van der Waals surface area contributed by atoms with Crippen LogP contribution in [0.15, 0.2) is 72.8 Å². The Bertz CT molecular complexity index is 634. The van der Waals surface area contributed by atoms with Crippen molar-refractivity contribution in [2.75, 3.05) is 6.35 Å². The first kappa shape index (κ1) is 15.3. The monoisotopic (exact) mass is 300 g/mol. The third-order valence-electron chi connectivity index (χ3n) is 3.07. The van der Waals surface area contributed by atoms with Crippen molar-refractivity contribution in [3.8, 4) is 0 Å². The first-order valence-electron chi connectivity index (χ1n) is 6.57. The number of benzene rings is 2. The highest BCUT2D eigenvalue weighted by Crippen LogP contribution is 2.43. The van der Waals surface area contributed by atoms with E-state index < -0.39 is 13.1 Å². The molecule has 0 aliphatic rings. The topological polar surface area (TPSA) is 43.4 Å². The molecule has 0 bridgehead atoms. The average Bonchev–Trinajstić information content (AvgIpc) is 2.53. The lowest BCUT2D eigenvalue weighted by molar-refractivity contribution is -0.136. The van der Waals surface area contributed by atoms with E-state index in [1.165, 1.54) is 0 Å². The quantitative estimate of drug-likeness (QED) is 0.484. The fourth-order valence-corrected chi connectivity index (χ4v) is 4.11. The van der Waals surface area contributed by atoms with Gasteiger partial charge in [0, 0.05) is 16.2 Å². The number of esters is 1. The van der Waals surface area contributed by atoms with Gasteiger partial charge in [0.1, 0.15) is 0 Å². The number of rotatable bonds is 5. The van der Waals surface area contributed by atoms with Crippen LogP contribution < -0.4 is 10.6 Å². The third-order valence-corrected chi connectivity index (χ3v) is 5.83. The van der Waals surface area contributed by atoms with Crippen molar-refractivity contribution in [1.29, 1.82) is 0 Å². The van der Waals surface area contributed by atoms with Gasteiger partial charge in [-0.1, -0.05) is 67.2 Å². The van der Waals surface area contributed by atoms with Crippen LogP contribution in [0.25, 0.3) is 0 Å². The summed E-state index contributed by atoms with van der Waals surface area (Å²) in [6.07, 6.45) is -0.160. The Labute approximate surface area is 124 Å². The van der Waals surface area contributed by atoms with Crippen LogP contribution >= 0.6 is 7.14 Å². The zero-order chi connectivity index (χ0) is 15.3. The molecule has 0 spiro atoms. The van der Waals surface area contributed by atoms with Gasteiger partial charge < -0.3 is 9.30 Å². The molecule has 0 amide bonds. The van der Waals surface area contributed by atoms with Crippen LogP contribution in [0.1, 0.15) is 6.92 Å². The summed E-state index contributed by atoms with van der Waals surface area (Å²) in [6.45, 7) is 5.10. The van der Waals surface area contributed by atoms with E-state index in [0.29, 0.717) is 16.2 Å². The molecule has 2 rings (SSSR count). The van der Waals surface area contributed by atoms with Gasteiger partial charge in [-0.25, -0.2) is 4.79 Å². The SMILES string of the molecule is C=C(C)C(=O)OCP(=O)(c1ccccc1)c1ccccc1. The smallest absolute Gasteiger partial charge is 0.333 e. The maximum atomic E-state index is 13.4. The maximum absolute atomic E-state index is 13.4. The molecule has 0 aliphatic heterocycles. The molecule has 4 heteroatoms. The number of carbonyl (C=O) groups excluding carboxylic acids is 1. The predicted molar refractivity (Wildman–Crippen MR) is 85.5 cm³/mol. The Hall–Kier alpha value is -2.12. The Kier molecular flexibility index (Phi) is 4.77. The molecule has 21 heavy (non-hydrogen) atoms. The third kappa shape index (κ3) is 3.50. The first-order valence-corrected chi connectivity index (χ1v) is 8.46. The highest BCUT2D eigenvalue weighted by molar-refractivity contribution is 7.78. The zero-order valence-electron chi connectivity index (χ0n) is 11.9. The van der Waals surface area contributed by atoms with Crippen molar-refractivity contribution in [1.82, 2.24) is 0 Å². The molecule has 0 unspecified atom stereocenters.